The normalized spacial score (nSPS) is 11.0. The topological polar surface area (TPSA) is 52.6 Å². The van der Waals surface area contributed by atoms with Crippen molar-refractivity contribution in [2.75, 3.05) is 0 Å². The molecule has 24 heavy (non-hydrogen) atoms. The molecule has 0 fully saturated rings. The molecule has 0 N–H and O–H groups in total. The van der Waals surface area contributed by atoms with E-state index in [1.807, 2.05) is 0 Å². The lowest BCUT2D eigenvalue weighted by molar-refractivity contribution is -0.145. The molecule has 0 aliphatic heterocycles. The average Bonchev–Trinajstić information content (AvgIpc) is 2.46. The first-order valence-electron chi connectivity index (χ1n) is 6.89. The molecule has 4 nitrogen and oxygen atoms in total. The molecule has 0 atom stereocenters. The van der Waals surface area contributed by atoms with E-state index < -0.39 is 30.1 Å². The van der Waals surface area contributed by atoms with Crippen molar-refractivity contribution < 1.29 is 32.2 Å². The quantitative estimate of drug-likeness (QED) is 0.482. The fraction of sp³-hybridized carbons (Fsp3) is 0.176. The minimum absolute atomic E-state index is 0.270. The first kappa shape index (κ1) is 17.5. The maximum absolute atomic E-state index is 12.6. The fourth-order valence-electron chi connectivity index (χ4n) is 1.87. The van der Waals surface area contributed by atoms with Gasteiger partial charge in [0.05, 0.1) is 5.56 Å². The number of benzene rings is 2. The second-order valence-corrected chi connectivity index (χ2v) is 4.97. The maximum atomic E-state index is 12.6. The molecule has 0 saturated carbocycles. The Labute approximate surface area is 135 Å². The minimum atomic E-state index is -4.55. The Kier molecular flexibility index (Phi) is 5.23. The van der Waals surface area contributed by atoms with Gasteiger partial charge in [0.2, 0.25) is 0 Å². The molecule has 0 amide bonds. The third-order valence-corrected chi connectivity index (χ3v) is 2.90. The predicted octanol–water partition coefficient (Wildman–Crippen LogP) is 3.91. The van der Waals surface area contributed by atoms with Crippen molar-refractivity contribution in [3.05, 3.63) is 59.7 Å². The summed E-state index contributed by atoms with van der Waals surface area (Å²) >= 11 is 0. The number of alkyl halides is 3. The van der Waals surface area contributed by atoms with E-state index >= 15 is 0 Å². The van der Waals surface area contributed by atoms with Crippen molar-refractivity contribution in [2.45, 2.75) is 19.5 Å². The molecule has 2 rings (SSSR count). The Morgan fingerprint density at radius 2 is 1.46 bits per heavy atom. The molecule has 2 aromatic rings. The van der Waals surface area contributed by atoms with Crippen LogP contribution in [0.15, 0.2) is 48.5 Å². The monoisotopic (exact) mass is 338 g/mol. The third-order valence-electron chi connectivity index (χ3n) is 2.90. The van der Waals surface area contributed by atoms with E-state index in [1.54, 1.807) is 31.2 Å². The summed E-state index contributed by atoms with van der Waals surface area (Å²) in [4.78, 5) is 23.3. The molecule has 0 radical (unpaired) electrons. The SMILES string of the molecule is Cc1cccc(OC(=O)CC(=O)Oc2cccc(C(F)(F)F)c2)c1. The molecule has 0 unspecified atom stereocenters. The summed E-state index contributed by atoms with van der Waals surface area (Å²) in [7, 11) is 0. The highest BCUT2D eigenvalue weighted by molar-refractivity contribution is 5.93. The molecule has 126 valence electrons. The van der Waals surface area contributed by atoms with Crippen molar-refractivity contribution >= 4 is 11.9 Å². The van der Waals surface area contributed by atoms with Crippen molar-refractivity contribution in [3.8, 4) is 11.5 Å². The smallest absolute Gasteiger partial charge is 0.416 e. The average molecular weight is 338 g/mol. The van der Waals surface area contributed by atoms with Gasteiger partial charge in [-0.25, -0.2) is 0 Å². The summed E-state index contributed by atoms with van der Waals surface area (Å²) in [6.07, 6.45) is -5.27. The largest absolute Gasteiger partial charge is 0.426 e. The first-order valence-corrected chi connectivity index (χ1v) is 6.89. The maximum Gasteiger partial charge on any atom is 0.416 e. The van der Waals surface area contributed by atoms with Crippen LogP contribution in [0.4, 0.5) is 13.2 Å². The van der Waals surface area contributed by atoms with Gasteiger partial charge >= 0.3 is 18.1 Å². The molecule has 0 heterocycles. The zero-order valence-corrected chi connectivity index (χ0v) is 12.6. The van der Waals surface area contributed by atoms with Gasteiger partial charge in [-0.3, -0.25) is 9.59 Å². The van der Waals surface area contributed by atoms with E-state index in [-0.39, 0.29) is 11.5 Å². The second-order valence-electron chi connectivity index (χ2n) is 4.97. The Morgan fingerprint density at radius 3 is 2.00 bits per heavy atom. The van der Waals surface area contributed by atoms with E-state index in [4.69, 9.17) is 9.47 Å². The summed E-state index contributed by atoms with van der Waals surface area (Å²) in [5.41, 5.74) is -0.0815. The number of hydrogen-bond acceptors (Lipinski definition) is 4. The highest BCUT2D eigenvalue weighted by Crippen LogP contribution is 2.31. The van der Waals surface area contributed by atoms with Crippen LogP contribution in [0.3, 0.4) is 0 Å². The number of carbonyl (C=O) groups excluding carboxylic acids is 2. The molecule has 2 aromatic carbocycles. The third kappa shape index (κ3) is 5.12. The van der Waals surface area contributed by atoms with Crippen molar-refractivity contribution in [1.82, 2.24) is 0 Å². The summed E-state index contributed by atoms with van der Waals surface area (Å²) in [6, 6.07) is 10.5. The molecule has 0 aliphatic carbocycles. The summed E-state index contributed by atoms with van der Waals surface area (Å²) in [6.45, 7) is 1.80. The van der Waals surface area contributed by atoms with E-state index in [0.717, 1.165) is 17.7 Å². The summed E-state index contributed by atoms with van der Waals surface area (Å²) < 4.78 is 47.4. The molecule has 0 aliphatic rings. The van der Waals surface area contributed by atoms with Crippen LogP contribution in [-0.4, -0.2) is 11.9 Å². The van der Waals surface area contributed by atoms with Gasteiger partial charge < -0.3 is 9.47 Å². The minimum Gasteiger partial charge on any atom is -0.426 e. The van der Waals surface area contributed by atoms with Crippen LogP contribution in [-0.2, 0) is 15.8 Å². The van der Waals surface area contributed by atoms with Crippen molar-refractivity contribution in [1.29, 1.82) is 0 Å². The number of hydrogen-bond donors (Lipinski definition) is 0. The van der Waals surface area contributed by atoms with E-state index in [2.05, 4.69) is 0 Å². The Morgan fingerprint density at radius 1 is 0.917 bits per heavy atom. The zero-order chi connectivity index (χ0) is 17.7. The molecule has 7 heteroatoms. The molecule has 0 bridgehead atoms. The second kappa shape index (κ2) is 7.16. The Bertz CT molecular complexity index is 753. The number of carbonyl (C=O) groups is 2. The van der Waals surface area contributed by atoms with Gasteiger partial charge in [0.25, 0.3) is 0 Å². The first-order chi connectivity index (χ1) is 11.2. The number of ether oxygens (including phenoxy) is 2. The predicted molar refractivity (Wildman–Crippen MR) is 78.5 cm³/mol. The lowest BCUT2D eigenvalue weighted by atomic mass is 10.2. The highest BCUT2D eigenvalue weighted by atomic mass is 19.4. The molecule has 0 saturated heterocycles. The van der Waals surface area contributed by atoms with Crippen LogP contribution in [0.2, 0.25) is 0 Å². The Balaban J connectivity index is 1.94. The van der Waals surface area contributed by atoms with Crippen molar-refractivity contribution in [2.24, 2.45) is 0 Å². The van der Waals surface area contributed by atoms with Crippen LogP contribution in [0.1, 0.15) is 17.5 Å². The molecule has 0 spiro atoms. The number of esters is 2. The number of aryl methyl sites for hydroxylation is 1. The van der Waals surface area contributed by atoms with Crippen LogP contribution in [0.25, 0.3) is 0 Å². The van der Waals surface area contributed by atoms with Crippen LogP contribution >= 0.6 is 0 Å². The van der Waals surface area contributed by atoms with Gasteiger partial charge in [0.1, 0.15) is 17.9 Å². The van der Waals surface area contributed by atoms with Crippen LogP contribution in [0.5, 0.6) is 11.5 Å². The van der Waals surface area contributed by atoms with Gasteiger partial charge in [-0.2, -0.15) is 13.2 Å². The van der Waals surface area contributed by atoms with E-state index in [1.165, 1.54) is 6.07 Å². The fourth-order valence-corrected chi connectivity index (χ4v) is 1.87. The Hall–Kier alpha value is -2.83. The van der Waals surface area contributed by atoms with Gasteiger partial charge in [-0.1, -0.05) is 18.2 Å². The van der Waals surface area contributed by atoms with Crippen LogP contribution < -0.4 is 9.47 Å². The number of halogens is 3. The van der Waals surface area contributed by atoms with Crippen LogP contribution in [0, 0.1) is 6.92 Å². The lowest BCUT2D eigenvalue weighted by Crippen LogP contribution is -2.18. The zero-order valence-electron chi connectivity index (χ0n) is 12.6. The van der Waals surface area contributed by atoms with E-state index in [0.29, 0.717) is 6.07 Å². The highest BCUT2D eigenvalue weighted by Gasteiger charge is 2.30. The van der Waals surface area contributed by atoms with Gasteiger partial charge in [0.15, 0.2) is 0 Å². The molecular formula is C17H13F3O4. The molecular weight excluding hydrogens is 325 g/mol. The number of rotatable bonds is 4. The van der Waals surface area contributed by atoms with Gasteiger partial charge in [-0.05, 0) is 42.8 Å². The molecule has 0 aromatic heterocycles. The van der Waals surface area contributed by atoms with E-state index in [9.17, 15) is 22.8 Å². The van der Waals surface area contributed by atoms with Gasteiger partial charge in [-0.15, -0.1) is 0 Å². The van der Waals surface area contributed by atoms with Crippen molar-refractivity contribution in [3.63, 3.8) is 0 Å². The lowest BCUT2D eigenvalue weighted by Gasteiger charge is -2.09. The standard InChI is InChI=1S/C17H13F3O4/c1-11-4-2-6-13(8-11)23-15(21)10-16(22)24-14-7-3-5-12(9-14)17(18,19)20/h2-9H,10H2,1H3. The summed E-state index contributed by atoms with van der Waals surface area (Å²) in [5.74, 6) is -1.89. The summed E-state index contributed by atoms with van der Waals surface area (Å²) in [5, 5.41) is 0. The van der Waals surface area contributed by atoms with Gasteiger partial charge in [0, 0.05) is 0 Å².